The van der Waals surface area contributed by atoms with Crippen molar-refractivity contribution >= 4 is 23.7 Å². The van der Waals surface area contributed by atoms with Gasteiger partial charge in [0.2, 0.25) is 6.79 Å². The number of thioether (sulfide) groups is 1. The summed E-state index contributed by atoms with van der Waals surface area (Å²) in [6, 6.07) is 2.80. The van der Waals surface area contributed by atoms with Crippen molar-refractivity contribution in [2.45, 2.75) is 69.6 Å². The molecule has 5 aliphatic heterocycles. The predicted molar refractivity (Wildman–Crippen MR) is 170 cm³/mol. The van der Waals surface area contributed by atoms with E-state index >= 15 is 0 Å². The molecule has 0 saturated carbocycles. The lowest BCUT2D eigenvalue weighted by Gasteiger charge is -2.61. The Morgan fingerprint density at radius 2 is 1.87 bits per heavy atom. The van der Waals surface area contributed by atoms with Crippen LogP contribution < -0.4 is 23.7 Å². The molecule has 0 amide bonds. The molecule has 7 rings (SSSR count). The van der Waals surface area contributed by atoms with Crippen LogP contribution in [-0.2, 0) is 25.5 Å². The maximum Gasteiger partial charge on any atom is 0.309 e. The Morgan fingerprint density at radius 3 is 2.57 bits per heavy atom. The van der Waals surface area contributed by atoms with Crippen molar-refractivity contribution in [3.8, 4) is 34.8 Å². The van der Waals surface area contributed by atoms with Crippen LogP contribution in [-0.4, -0.2) is 87.1 Å². The molecule has 47 heavy (non-hydrogen) atoms. The molecule has 0 radical (unpaired) electrons. The van der Waals surface area contributed by atoms with Crippen molar-refractivity contribution < 1.29 is 42.7 Å². The average molecular weight is 666 g/mol. The highest BCUT2D eigenvalue weighted by Gasteiger charge is 2.60. The molecule has 0 N–H and O–H groups in total. The number of hydrogen-bond donors (Lipinski definition) is 0. The van der Waals surface area contributed by atoms with Gasteiger partial charge in [-0.05, 0) is 38.4 Å². The van der Waals surface area contributed by atoms with Gasteiger partial charge >= 0.3 is 11.9 Å². The molecule has 13 heteroatoms. The second-order valence-electron chi connectivity index (χ2n) is 12.8. The first kappa shape index (κ1) is 31.9. The van der Waals surface area contributed by atoms with Gasteiger partial charge in [0.05, 0.1) is 36.4 Å². The first-order chi connectivity index (χ1) is 22.6. The number of aryl methyl sites for hydroxylation is 1. The van der Waals surface area contributed by atoms with Crippen LogP contribution in [0.3, 0.4) is 0 Å². The number of cyclic esters (lactones) is 1. The molecule has 2 aromatic rings. The molecule has 2 saturated heterocycles. The Labute approximate surface area is 278 Å². The third kappa shape index (κ3) is 4.75. The molecule has 5 aliphatic rings. The van der Waals surface area contributed by atoms with E-state index in [1.54, 1.807) is 26.0 Å². The zero-order valence-electron chi connectivity index (χ0n) is 27.6. The smallest absolute Gasteiger partial charge is 0.309 e. The number of carbonyl (C=O) groups excluding carboxylic acids is 2. The minimum Gasteiger partial charge on any atom is -0.493 e. The SMILES string of the molecule is COCOc1c(OC)c(C)cc2c1[C@@H]1C3[C@@H]4SCC(C)C(=O)OC[C@@H](c5c6c(c(C)c(OC(C)=O)c54)OCO6)N3[C@@H](C#N)[C@H](C2)N1C. The zero-order chi connectivity index (χ0) is 33.3. The number of methoxy groups -OCH3 is 2. The topological polar surface area (TPSA) is 129 Å². The number of fused-ring (bicyclic) bond motifs is 9. The lowest BCUT2D eigenvalue weighted by atomic mass is 9.71. The minimum absolute atomic E-state index is 0.000691. The van der Waals surface area contributed by atoms with E-state index < -0.39 is 18.1 Å². The van der Waals surface area contributed by atoms with Crippen LogP contribution in [0, 0.1) is 31.1 Å². The van der Waals surface area contributed by atoms with Crippen molar-refractivity contribution in [3.63, 3.8) is 0 Å². The molecule has 7 atom stereocenters. The van der Waals surface area contributed by atoms with Gasteiger partial charge in [0.15, 0.2) is 29.8 Å². The Kier molecular flexibility index (Phi) is 8.19. The van der Waals surface area contributed by atoms with Gasteiger partial charge in [-0.25, -0.2) is 0 Å². The van der Waals surface area contributed by atoms with E-state index in [-0.39, 0.29) is 55.5 Å². The van der Waals surface area contributed by atoms with Crippen LogP contribution in [0.15, 0.2) is 6.07 Å². The van der Waals surface area contributed by atoms with Crippen LogP contribution in [0.2, 0.25) is 0 Å². The number of rotatable bonds is 5. The van der Waals surface area contributed by atoms with Crippen LogP contribution in [0.5, 0.6) is 28.7 Å². The quantitative estimate of drug-likeness (QED) is 0.258. The fourth-order valence-electron chi connectivity index (χ4n) is 8.29. The van der Waals surface area contributed by atoms with Crippen molar-refractivity contribution in [2.24, 2.45) is 5.92 Å². The van der Waals surface area contributed by atoms with Gasteiger partial charge in [-0.1, -0.05) is 13.0 Å². The molecule has 0 spiro atoms. The monoisotopic (exact) mass is 665 g/mol. The van der Waals surface area contributed by atoms with Crippen molar-refractivity contribution in [1.29, 1.82) is 5.26 Å². The van der Waals surface area contributed by atoms with E-state index in [4.69, 9.17) is 33.2 Å². The average Bonchev–Trinajstić information content (AvgIpc) is 3.53. The molecule has 0 aliphatic carbocycles. The highest BCUT2D eigenvalue weighted by atomic mass is 32.2. The molecular weight excluding hydrogens is 626 g/mol. The number of benzene rings is 2. The van der Waals surface area contributed by atoms with E-state index in [1.165, 1.54) is 6.92 Å². The highest BCUT2D eigenvalue weighted by Crippen LogP contribution is 2.64. The summed E-state index contributed by atoms with van der Waals surface area (Å²) in [5.74, 6) is 1.99. The Hall–Kier alpha value is -3.70. The summed E-state index contributed by atoms with van der Waals surface area (Å²) in [5.41, 5.74) is 5.18. The summed E-state index contributed by atoms with van der Waals surface area (Å²) >= 11 is 1.60. The molecular formula is C34H39N3O9S. The fourth-order valence-corrected chi connectivity index (χ4v) is 9.81. The first-order valence-electron chi connectivity index (χ1n) is 15.8. The molecule has 5 heterocycles. The van der Waals surface area contributed by atoms with Gasteiger partial charge in [-0.15, -0.1) is 0 Å². The van der Waals surface area contributed by atoms with E-state index in [0.29, 0.717) is 46.5 Å². The molecule has 250 valence electrons. The highest BCUT2D eigenvalue weighted by molar-refractivity contribution is 7.99. The summed E-state index contributed by atoms with van der Waals surface area (Å²) < 4.78 is 41.8. The Morgan fingerprint density at radius 1 is 1.11 bits per heavy atom. The van der Waals surface area contributed by atoms with Gasteiger partial charge in [-0.2, -0.15) is 17.0 Å². The standard InChI is InChI=1S/C34H39N3O9S/c1-15-8-19-9-20-21(10-35)37-22-11-42-34(39)16(2)12-47-33(25-24(22)32-30(44-14-45-32)17(3)29(25)46-18(4)38)27(37)26(36(20)5)23(19)31(28(15)41-7)43-13-40-6/h8,16,20-22,26-27,33H,9,11-14H2,1-7H3/t16?,20-,21-,22-,26+,27?,33+/m0/s1. The third-order valence-electron chi connectivity index (χ3n) is 10.2. The summed E-state index contributed by atoms with van der Waals surface area (Å²) in [5, 5.41) is 10.6. The van der Waals surface area contributed by atoms with Crippen LogP contribution >= 0.6 is 11.8 Å². The first-order valence-corrected chi connectivity index (χ1v) is 16.8. The zero-order valence-corrected chi connectivity index (χ0v) is 28.4. The van der Waals surface area contributed by atoms with E-state index in [0.717, 1.165) is 27.8 Å². The van der Waals surface area contributed by atoms with Gasteiger partial charge in [-0.3, -0.25) is 19.4 Å². The summed E-state index contributed by atoms with van der Waals surface area (Å²) in [7, 11) is 5.27. The van der Waals surface area contributed by atoms with Crippen LogP contribution in [0.25, 0.3) is 0 Å². The second-order valence-corrected chi connectivity index (χ2v) is 14.0. The summed E-state index contributed by atoms with van der Waals surface area (Å²) in [4.78, 5) is 30.4. The summed E-state index contributed by atoms with van der Waals surface area (Å²) in [6.07, 6.45) is 0.594. The number of carbonyl (C=O) groups is 2. The molecule has 0 aromatic heterocycles. The molecule has 2 fully saturated rings. The lowest BCUT2D eigenvalue weighted by molar-refractivity contribution is -0.153. The number of esters is 2. The van der Waals surface area contributed by atoms with Crippen molar-refractivity contribution in [2.75, 3.05) is 47.2 Å². The second kappa shape index (κ2) is 12.1. The predicted octanol–water partition coefficient (Wildman–Crippen LogP) is 4.14. The van der Waals surface area contributed by atoms with E-state index in [9.17, 15) is 14.9 Å². The number of nitrogens with zero attached hydrogens (tertiary/aromatic N) is 3. The van der Waals surface area contributed by atoms with E-state index in [2.05, 4.69) is 29.0 Å². The van der Waals surface area contributed by atoms with Gasteiger partial charge in [0.25, 0.3) is 0 Å². The van der Waals surface area contributed by atoms with Gasteiger partial charge in [0.1, 0.15) is 18.4 Å². The largest absolute Gasteiger partial charge is 0.493 e. The molecule has 12 nitrogen and oxygen atoms in total. The Bertz CT molecular complexity index is 1690. The van der Waals surface area contributed by atoms with Gasteiger partial charge < -0.3 is 33.2 Å². The van der Waals surface area contributed by atoms with Crippen molar-refractivity contribution in [3.05, 3.63) is 39.4 Å². The van der Waals surface area contributed by atoms with Gasteiger partial charge in [0, 0.05) is 54.1 Å². The minimum atomic E-state index is -0.591. The maximum atomic E-state index is 13.2. The maximum absolute atomic E-state index is 13.2. The normalized spacial score (nSPS) is 29.1. The third-order valence-corrected chi connectivity index (χ3v) is 11.7. The van der Waals surface area contributed by atoms with Crippen LogP contribution in [0.4, 0.5) is 0 Å². The number of piperazine rings is 1. The molecule has 2 aromatic carbocycles. The Balaban J connectivity index is 1.56. The number of likely N-dealkylation sites (N-methyl/N-ethyl adjacent to an activating group) is 1. The molecule has 2 unspecified atom stereocenters. The van der Waals surface area contributed by atoms with Crippen molar-refractivity contribution in [1.82, 2.24) is 9.80 Å². The van der Waals surface area contributed by atoms with Crippen LogP contribution in [0.1, 0.15) is 64.6 Å². The number of ether oxygens (including phenoxy) is 7. The number of hydrogen-bond acceptors (Lipinski definition) is 13. The molecule has 4 bridgehead atoms. The van der Waals surface area contributed by atoms with E-state index in [1.807, 2.05) is 20.8 Å². The fraction of sp³-hybridized carbons (Fsp3) is 0.559. The number of nitriles is 1. The lowest BCUT2D eigenvalue weighted by Crippen LogP contribution is -2.69. The summed E-state index contributed by atoms with van der Waals surface area (Å²) in [6.45, 7) is 7.12.